The second kappa shape index (κ2) is 6.48. The summed E-state index contributed by atoms with van der Waals surface area (Å²) in [4.78, 5) is 23.9. The lowest BCUT2D eigenvalue weighted by atomic mass is 9.97. The average molecular weight is 323 g/mol. The molecule has 0 aliphatic rings. The summed E-state index contributed by atoms with van der Waals surface area (Å²) in [6, 6.07) is 6.67. The van der Waals surface area contributed by atoms with Gasteiger partial charge in [0.25, 0.3) is 0 Å². The van der Waals surface area contributed by atoms with Crippen LogP contribution in [0.25, 0.3) is 0 Å². The minimum Gasteiger partial charge on any atom is -0.352 e. The fourth-order valence-electron chi connectivity index (χ4n) is 1.52. The first-order valence-electron chi connectivity index (χ1n) is 5.87. The third-order valence-corrected chi connectivity index (χ3v) is 3.40. The number of halogens is 1. The second-order valence-corrected chi connectivity index (χ2v) is 5.41. The molecule has 1 amide bonds. The van der Waals surface area contributed by atoms with Gasteiger partial charge in [0.15, 0.2) is 11.7 Å². The smallest absolute Gasteiger partial charge is 0.245 e. The van der Waals surface area contributed by atoms with Crippen molar-refractivity contribution in [1.82, 2.24) is 5.32 Å². The Balaban J connectivity index is 2.99. The van der Waals surface area contributed by atoms with E-state index in [-0.39, 0.29) is 6.04 Å². The zero-order valence-corrected chi connectivity index (χ0v) is 12.6. The number of hydrogen-bond acceptors (Lipinski definition) is 3. The van der Waals surface area contributed by atoms with Crippen molar-refractivity contribution in [1.29, 1.82) is 5.26 Å². The highest BCUT2D eigenvalue weighted by Crippen LogP contribution is 2.19. The van der Waals surface area contributed by atoms with E-state index in [4.69, 9.17) is 5.26 Å². The van der Waals surface area contributed by atoms with Crippen LogP contribution in [-0.2, 0) is 4.79 Å². The Kier molecular flexibility index (Phi) is 5.25. The van der Waals surface area contributed by atoms with E-state index < -0.39 is 17.6 Å². The summed E-state index contributed by atoms with van der Waals surface area (Å²) in [6.07, 6.45) is 0. The standard InChI is InChI=1S/C14H15BrN2O2/c1-8(2)17-14(19)11(7-16)13(18)10-5-4-9(3)12(15)6-10/h4-6,8,11H,1-3H3,(H,17,19). The van der Waals surface area contributed by atoms with Gasteiger partial charge in [0, 0.05) is 16.1 Å². The maximum Gasteiger partial charge on any atom is 0.245 e. The molecule has 0 radical (unpaired) electrons. The number of aryl methyl sites for hydroxylation is 1. The summed E-state index contributed by atoms with van der Waals surface area (Å²) in [5, 5.41) is 11.6. The Labute approximate surface area is 120 Å². The van der Waals surface area contributed by atoms with Crippen molar-refractivity contribution >= 4 is 27.6 Å². The number of carbonyl (C=O) groups excluding carboxylic acids is 2. The first-order valence-corrected chi connectivity index (χ1v) is 6.66. The number of nitriles is 1. The molecule has 1 rings (SSSR count). The fraction of sp³-hybridized carbons (Fsp3) is 0.357. The van der Waals surface area contributed by atoms with Crippen LogP contribution in [0.4, 0.5) is 0 Å². The fourth-order valence-corrected chi connectivity index (χ4v) is 1.90. The molecule has 0 bridgehead atoms. The molecule has 0 saturated heterocycles. The Bertz CT molecular complexity index is 547. The van der Waals surface area contributed by atoms with Gasteiger partial charge in [-0.2, -0.15) is 5.26 Å². The van der Waals surface area contributed by atoms with E-state index in [0.29, 0.717) is 5.56 Å². The molecule has 1 atom stereocenters. The molecule has 0 saturated carbocycles. The Hall–Kier alpha value is -1.67. The Morgan fingerprint density at radius 2 is 2.00 bits per heavy atom. The van der Waals surface area contributed by atoms with Gasteiger partial charge >= 0.3 is 0 Å². The van der Waals surface area contributed by atoms with Crippen LogP contribution in [0.5, 0.6) is 0 Å². The summed E-state index contributed by atoms with van der Waals surface area (Å²) < 4.78 is 0.777. The van der Waals surface area contributed by atoms with E-state index in [1.165, 1.54) is 0 Å². The minimum absolute atomic E-state index is 0.110. The highest BCUT2D eigenvalue weighted by molar-refractivity contribution is 9.10. The molecule has 0 fully saturated rings. The van der Waals surface area contributed by atoms with Crippen molar-refractivity contribution in [2.45, 2.75) is 26.8 Å². The third-order valence-electron chi connectivity index (χ3n) is 2.54. The number of hydrogen-bond donors (Lipinski definition) is 1. The van der Waals surface area contributed by atoms with E-state index in [2.05, 4.69) is 21.2 Å². The molecule has 4 nitrogen and oxygen atoms in total. The molecule has 0 spiro atoms. The number of amides is 1. The first kappa shape index (κ1) is 15.4. The SMILES string of the molecule is Cc1ccc(C(=O)C(C#N)C(=O)NC(C)C)cc1Br. The maximum atomic E-state index is 12.2. The molecule has 1 N–H and O–H groups in total. The quantitative estimate of drug-likeness (QED) is 0.684. The summed E-state index contributed by atoms with van der Waals surface area (Å²) >= 11 is 3.33. The summed E-state index contributed by atoms with van der Waals surface area (Å²) in [5.41, 5.74) is 1.33. The monoisotopic (exact) mass is 322 g/mol. The van der Waals surface area contributed by atoms with Crippen LogP contribution < -0.4 is 5.32 Å². The van der Waals surface area contributed by atoms with Crippen LogP contribution in [0, 0.1) is 24.2 Å². The number of carbonyl (C=O) groups is 2. The van der Waals surface area contributed by atoms with Gasteiger partial charge in [-0.25, -0.2) is 0 Å². The molecular formula is C14H15BrN2O2. The van der Waals surface area contributed by atoms with E-state index >= 15 is 0 Å². The minimum atomic E-state index is -1.31. The maximum absolute atomic E-state index is 12.2. The molecule has 1 aromatic rings. The highest BCUT2D eigenvalue weighted by atomic mass is 79.9. The van der Waals surface area contributed by atoms with Gasteiger partial charge in [-0.15, -0.1) is 0 Å². The zero-order valence-electron chi connectivity index (χ0n) is 11.0. The molecule has 19 heavy (non-hydrogen) atoms. The molecule has 0 aromatic heterocycles. The van der Waals surface area contributed by atoms with E-state index in [0.717, 1.165) is 10.0 Å². The van der Waals surface area contributed by atoms with Gasteiger partial charge in [-0.3, -0.25) is 9.59 Å². The van der Waals surface area contributed by atoms with Gasteiger partial charge in [0.2, 0.25) is 5.91 Å². The lowest BCUT2D eigenvalue weighted by Crippen LogP contribution is -2.38. The van der Waals surface area contributed by atoms with Crippen LogP contribution in [0.2, 0.25) is 0 Å². The van der Waals surface area contributed by atoms with Gasteiger partial charge in [0.05, 0.1) is 6.07 Å². The van der Waals surface area contributed by atoms with Crippen LogP contribution in [0.15, 0.2) is 22.7 Å². The Morgan fingerprint density at radius 3 is 2.47 bits per heavy atom. The van der Waals surface area contributed by atoms with Crippen LogP contribution in [0.1, 0.15) is 29.8 Å². The van der Waals surface area contributed by atoms with Gasteiger partial charge in [-0.1, -0.05) is 28.1 Å². The second-order valence-electron chi connectivity index (χ2n) is 4.55. The number of nitrogens with zero attached hydrogens (tertiary/aromatic N) is 1. The van der Waals surface area contributed by atoms with Crippen LogP contribution in [0.3, 0.4) is 0 Å². The molecule has 1 unspecified atom stereocenters. The molecule has 5 heteroatoms. The number of rotatable bonds is 4. The molecular weight excluding hydrogens is 308 g/mol. The van der Waals surface area contributed by atoms with Crippen molar-refractivity contribution in [2.24, 2.45) is 5.92 Å². The molecule has 100 valence electrons. The molecule has 1 aromatic carbocycles. The third kappa shape index (κ3) is 3.90. The first-order chi connectivity index (χ1) is 8.86. The van der Waals surface area contributed by atoms with Crippen molar-refractivity contribution in [3.8, 4) is 6.07 Å². The van der Waals surface area contributed by atoms with E-state index in [1.807, 2.05) is 6.92 Å². The molecule has 0 heterocycles. The van der Waals surface area contributed by atoms with Crippen LogP contribution >= 0.6 is 15.9 Å². The number of ketones is 1. The number of nitrogens with one attached hydrogen (secondary N) is 1. The summed E-state index contributed by atoms with van der Waals surface area (Å²) in [5.74, 6) is -2.35. The predicted molar refractivity (Wildman–Crippen MR) is 75.6 cm³/mol. The summed E-state index contributed by atoms with van der Waals surface area (Å²) in [7, 11) is 0. The highest BCUT2D eigenvalue weighted by Gasteiger charge is 2.28. The van der Waals surface area contributed by atoms with E-state index in [9.17, 15) is 9.59 Å². The Morgan fingerprint density at radius 1 is 1.37 bits per heavy atom. The van der Waals surface area contributed by atoms with E-state index in [1.54, 1.807) is 38.1 Å². The summed E-state index contributed by atoms with van der Waals surface area (Å²) in [6.45, 7) is 5.45. The lowest BCUT2D eigenvalue weighted by molar-refractivity contribution is -0.122. The molecule has 0 aliphatic heterocycles. The van der Waals surface area contributed by atoms with Gasteiger partial charge < -0.3 is 5.32 Å². The lowest BCUT2D eigenvalue weighted by Gasteiger charge is -2.12. The zero-order chi connectivity index (χ0) is 14.6. The van der Waals surface area contributed by atoms with Crippen molar-refractivity contribution in [2.75, 3.05) is 0 Å². The number of Topliss-reactive ketones (excluding diaryl/α,β-unsaturated/α-hetero) is 1. The topological polar surface area (TPSA) is 70.0 Å². The molecule has 0 aliphatic carbocycles. The number of benzene rings is 1. The average Bonchev–Trinajstić information content (AvgIpc) is 2.32. The van der Waals surface area contributed by atoms with Crippen molar-refractivity contribution in [3.63, 3.8) is 0 Å². The predicted octanol–water partition coefficient (Wildman–Crippen LogP) is 2.60. The van der Waals surface area contributed by atoms with Crippen LogP contribution in [-0.4, -0.2) is 17.7 Å². The van der Waals surface area contributed by atoms with Crippen molar-refractivity contribution in [3.05, 3.63) is 33.8 Å². The largest absolute Gasteiger partial charge is 0.352 e. The van der Waals surface area contributed by atoms with Gasteiger partial charge in [-0.05, 0) is 32.4 Å². The van der Waals surface area contributed by atoms with Gasteiger partial charge in [0.1, 0.15) is 0 Å². The normalized spacial score (nSPS) is 11.8. The van der Waals surface area contributed by atoms with Crippen molar-refractivity contribution < 1.29 is 9.59 Å².